The first-order valence-electron chi connectivity index (χ1n) is 37.9. The first kappa shape index (κ1) is 65.7. The van der Waals surface area contributed by atoms with Crippen LogP contribution in [0.15, 0.2) is 382 Å². The lowest BCUT2D eigenvalue weighted by Gasteiger charge is -2.28. The average molecular weight is 1380 g/mol. The first-order chi connectivity index (χ1) is 52.8. The summed E-state index contributed by atoms with van der Waals surface area (Å²) in [5, 5.41) is 2.57. The summed E-state index contributed by atoms with van der Waals surface area (Å²) in [6, 6.07) is 140. The van der Waals surface area contributed by atoms with Gasteiger partial charge in [0.1, 0.15) is 0 Å². The molecule has 0 radical (unpaired) electrons. The van der Waals surface area contributed by atoms with Crippen molar-refractivity contribution in [1.29, 1.82) is 0 Å². The van der Waals surface area contributed by atoms with Gasteiger partial charge in [0.25, 0.3) is 0 Å². The highest BCUT2D eigenvalue weighted by Gasteiger charge is 2.39. The molecule has 0 spiro atoms. The van der Waals surface area contributed by atoms with Gasteiger partial charge in [0, 0.05) is 66.8 Å². The van der Waals surface area contributed by atoms with Gasteiger partial charge in [-0.1, -0.05) is 315 Å². The molecular weight excluding hydrogens is 1300 g/mol. The Kier molecular flexibility index (Phi) is 15.9. The van der Waals surface area contributed by atoms with Crippen molar-refractivity contribution >= 4 is 55.9 Å². The van der Waals surface area contributed by atoms with Crippen molar-refractivity contribution in [2.45, 2.75) is 57.8 Å². The largest absolute Gasteiger partial charge is 0.311 e. The maximum atomic E-state index is 2.42. The lowest BCUT2D eigenvalue weighted by atomic mass is 9.81. The van der Waals surface area contributed by atoms with Gasteiger partial charge in [-0.3, -0.25) is 0 Å². The van der Waals surface area contributed by atoms with E-state index in [0.717, 1.165) is 34.1 Å². The summed E-state index contributed by atoms with van der Waals surface area (Å²) in [6.07, 6.45) is 0. The molecule has 3 aliphatic carbocycles. The fraction of sp³-hybridized carbons (Fsp3) is 0.0857. The van der Waals surface area contributed by atoms with Crippen LogP contribution in [0.1, 0.15) is 74.9 Å². The molecule has 0 saturated carbocycles. The van der Waals surface area contributed by atoms with Gasteiger partial charge in [0.2, 0.25) is 0 Å². The van der Waals surface area contributed by atoms with Gasteiger partial charge in [-0.05, 0) is 232 Å². The molecule has 0 bridgehead atoms. The highest BCUT2D eigenvalue weighted by molar-refractivity contribution is 6.09. The lowest BCUT2D eigenvalue weighted by molar-refractivity contribution is 0.660. The SMILES string of the molecule is CC1(C)c2cc(N(c3ccccc3)c3ccc(-c4ccccc4)cc3)ccc2-c2ccc(-n3c4ccccc4c4ccccc43)cc21.CC1(C)c2ccccc2-c2ccc(-c3ccc(N(c4ccc(-c5ccc(-c6ccccc6)cc5)cc4)c4ccc(-c5ccc6c(c5)C(C)(C)c5ccccc5-6)cc4)cc3)cc21. The molecule has 108 heavy (non-hydrogen) atoms. The van der Waals surface area contributed by atoms with Crippen molar-refractivity contribution in [3.63, 3.8) is 0 Å². The Hall–Kier alpha value is -13.1. The molecular formula is C105H81N3. The van der Waals surface area contributed by atoms with Crippen molar-refractivity contribution in [2.24, 2.45) is 0 Å². The van der Waals surface area contributed by atoms with Gasteiger partial charge in [-0.2, -0.15) is 0 Å². The highest BCUT2D eigenvalue weighted by atomic mass is 15.1. The summed E-state index contributed by atoms with van der Waals surface area (Å²) in [4.78, 5) is 4.75. The predicted octanol–water partition coefficient (Wildman–Crippen LogP) is 28.7. The Balaban J connectivity index is 0.000000152. The van der Waals surface area contributed by atoms with E-state index in [1.807, 2.05) is 0 Å². The van der Waals surface area contributed by atoms with Crippen LogP contribution in [0, 0.1) is 0 Å². The molecule has 1 heterocycles. The van der Waals surface area contributed by atoms with Crippen LogP contribution in [-0.2, 0) is 16.2 Å². The predicted molar refractivity (Wildman–Crippen MR) is 456 cm³/mol. The Morgan fingerprint density at radius 3 is 0.870 bits per heavy atom. The Bertz CT molecular complexity index is 6060. The van der Waals surface area contributed by atoms with E-state index < -0.39 is 0 Å². The minimum atomic E-state index is -0.172. The highest BCUT2D eigenvalue weighted by Crippen LogP contribution is 2.54. The summed E-state index contributed by atoms with van der Waals surface area (Å²) in [6.45, 7) is 14.1. The van der Waals surface area contributed by atoms with Crippen molar-refractivity contribution < 1.29 is 0 Å². The molecule has 516 valence electrons. The van der Waals surface area contributed by atoms with Crippen LogP contribution in [0.2, 0.25) is 0 Å². The molecule has 3 nitrogen and oxygen atoms in total. The molecule has 3 aliphatic rings. The molecule has 1 aromatic heterocycles. The maximum absolute atomic E-state index is 2.42. The number of anilines is 6. The standard InChI is InChI=1S/C60H47N.C45H34N2/c1-59(2)55-16-10-8-14-51(55)53-36-28-46(38-57(53)59)44-24-32-49(33-25-44)61(48-30-22-43(23-31-48)42-20-18-41(19-21-42)40-12-6-5-7-13-40)50-34-26-45(27-35-50)47-29-37-54-52-15-9-11-17-56(52)60(3,4)58(54)39-47;1-45(2)41-29-35(46(33-15-7-4-8-16-33)34-23-21-32(22-24-34)31-13-5-3-6-14-31)25-27-37(41)38-28-26-36(30-42(38)45)47-43-19-11-9-17-39(43)40-18-10-12-20-44(40)47/h5-39H,1-4H3;3-30H,1-2H3. The Morgan fingerprint density at radius 2 is 0.444 bits per heavy atom. The molecule has 0 aliphatic heterocycles. The molecule has 3 heteroatoms. The average Bonchev–Trinajstić information content (AvgIpc) is 1.58. The van der Waals surface area contributed by atoms with Crippen molar-refractivity contribution in [2.75, 3.05) is 9.80 Å². The van der Waals surface area contributed by atoms with E-state index in [1.54, 1.807) is 0 Å². The number of hydrogen-bond acceptors (Lipinski definition) is 2. The molecule has 20 rings (SSSR count). The van der Waals surface area contributed by atoms with Crippen molar-refractivity contribution in [1.82, 2.24) is 4.57 Å². The smallest absolute Gasteiger partial charge is 0.0541 e. The molecule has 0 fully saturated rings. The second kappa shape index (κ2) is 26.2. The van der Waals surface area contributed by atoms with Crippen LogP contribution in [0.4, 0.5) is 34.1 Å². The minimum Gasteiger partial charge on any atom is -0.311 e. The number of benzene rings is 16. The van der Waals surface area contributed by atoms with E-state index in [1.165, 1.54) is 150 Å². The molecule has 17 aromatic rings. The van der Waals surface area contributed by atoms with Crippen molar-refractivity contribution in [3.8, 4) is 94.7 Å². The van der Waals surface area contributed by atoms with Gasteiger partial charge >= 0.3 is 0 Å². The first-order valence-corrected chi connectivity index (χ1v) is 37.9. The number of rotatable bonds is 12. The monoisotopic (exact) mass is 1380 g/mol. The van der Waals surface area contributed by atoms with E-state index in [9.17, 15) is 0 Å². The molecule has 0 atom stereocenters. The summed E-state index contributed by atoms with van der Waals surface area (Å²) in [5.74, 6) is 0. The number of fused-ring (bicyclic) bond motifs is 12. The van der Waals surface area contributed by atoms with Gasteiger partial charge in [0.05, 0.1) is 11.0 Å². The zero-order chi connectivity index (χ0) is 72.8. The van der Waals surface area contributed by atoms with E-state index >= 15 is 0 Å². The third kappa shape index (κ3) is 11.2. The minimum absolute atomic E-state index is 0.0397. The number of hydrogen-bond donors (Lipinski definition) is 0. The van der Waals surface area contributed by atoms with Gasteiger partial charge in [-0.15, -0.1) is 0 Å². The van der Waals surface area contributed by atoms with Gasteiger partial charge in [0.15, 0.2) is 0 Å². The van der Waals surface area contributed by atoms with Gasteiger partial charge < -0.3 is 14.4 Å². The lowest BCUT2D eigenvalue weighted by Crippen LogP contribution is -2.17. The number of para-hydroxylation sites is 3. The zero-order valence-corrected chi connectivity index (χ0v) is 61.7. The van der Waals surface area contributed by atoms with Gasteiger partial charge in [-0.25, -0.2) is 0 Å². The second-order valence-corrected chi connectivity index (χ2v) is 30.8. The Labute approximate surface area is 634 Å². The molecule has 0 unspecified atom stereocenters. The number of aromatic nitrogens is 1. The molecule has 0 saturated heterocycles. The van der Waals surface area contributed by atoms with Crippen LogP contribution < -0.4 is 9.80 Å². The van der Waals surface area contributed by atoms with E-state index in [4.69, 9.17) is 0 Å². The number of nitrogens with zero attached hydrogens (tertiary/aromatic N) is 3. The maximum Gasteiger partial charge on any atom is 0.0541 e. The van der Waals surface area contributed by atoms with Crippen LogP contribution in [-0.4, -0.2) is 4.57 Å². The third-order valence-corrected chi connectivity index (χ3v) is 23.5. The van der Waals surface area contributed by atoms with Crippen LogP contribution in [0.25, 0.3) is 117 Å². The topological polar surface area (TPSA) is 11.4 Å². The fourth-order valence-corrected chi connectivity index (χ4v) is 17.8. The van der Waals surface area contributed by atoms with E-state index in [0.29, 0.717) is 0 Å². The fourth-order valence-electron chi connectivity index (χ4n) is 17.8. The molecule has 0 amide bonds. The second-order valence-electron chi connectivity index (χ2n) is 30.8. The van der Waals surface area contributed by atoms with E-state index in [2.05, 4.69) is 438 Å². The summed E-state index contributed by atoms with van der Waals surface area (Å²) in [5.41, 5.74) is 38.7. The van der Waals surface area contributed by atoms with Crippen LogP contribution >= 0.6 is 0 Å². The molecule has 16 aromatic carbocycles. The summed E-state index contributed by atoms with van der Waals surface area (Å²) >= 11 is 0. The van der Waals surface area contributed by atoms with E-state index in [-0.39, 0.29) is 16.2 Å². The Morgan fingerprint density at radius 1 is 0.185 bits per heavy atom. The van der Waals surface area contributed by atoms with Crippen molar-refractivity contribution in [3.05, 3.63) is 416 Å². The van der Waals surface area contributed by atoms with Crippen LogP contribution in [0.5, 0.6) is 0 Å². The normalized spacial score (nSPS) is 13.5. The zero-order valence-electron chi connectivity index (χ0n) is 61.7. The van der Waals surface area contributed by atoms with Crippen LogP contribution in [0.3, 0.4) is 0 Å². The summed E-state index contributed by atoms with van der Waals surface area (Å²) in [7, 11) is 0. The summed E-state index contributed by atoms with van der Waals surface area (Å²) < 4.78 is 2.42. The molecule has 0 N–H and O–H groups in total. The quantitative estimate of drug-likeness (QED) is 0.121. The third-order valence-electron chi connectivity index (χ3n) is 23.5.